The highest BCUT2D eigenvalue weighted by molar-refractivity contribution is 6.13. The molecule has 12 heteroatoms. The van der Waals surface area contributed by atoms with Crippen LogP contribution in [0.3, 0.4) is 0 Å². The molecule has 0 aliphatic carbocycles. The van der Waals surface area contributed by atoms with Gasteiger partial charge in [-0.15, -0.1) is 0 Å². The van der Waals surface area contributed by atoms with Crippen molar-refractivity contribution in [3.05, 3.63) is 479 Å². The fourth-order valence-corrected chi connectivity index (χ4v) is 19.8. The maximum absolute atomic E-state index is 6.26. The lowest BCUT2D eigenvalue weighted by Gasteiger charge is -2.13. The summed E-state index contributed by atoms with van der Waals surface area (Å²) in [6, 6.07) is 166. The van der Waals surface area contributed by atoms with E-state index in [9.17, 15) is 0 Å². The first kappa shape index (κ1) is 82.5. The Morgan fingerprint density at radius 2 is 0.326 bits per heavy atom. The molecular formula is C129H79N9O3. The zero-order valence-corrected chi connectivity index (χ0v) is 75.9. The van der Waals surface area contributed by atoms with Gasteiger partial charge < -0.3 is 13.3 Å². The second-order valence-corrected chi connectivity index (χ2v) is 35.3. The van der Waals surface area contributed by atoms with Crippen molar-refractivity contribution in [1.29, 1.82) is 0 Å². The molecule has 6 aromatic heterocycles. The van der Waals surface area contributed by atoms with Gasteiger partial charge in [0, 0.05) is 82.4 Å². The van der Waals surface area contributed by atoms with E-state index < -0.39 is 0 Å². The van der Waals surface area contributed by atoms with E-state index in [2.05, 4.69) is 370 Å². The molecule has 0 saturated heterocycles. The molecule has 658 valence electrons. The Morgan fingerprint density at radius 3 is 0.695 bits per heavy atom. The molecule has 141 heavy (non-hydrogen) atoms. The first-order valence-electron chi connectivity index (χ1n) is 47.2. The van der Waals surface area contributed by atoms with E-state index in [0.717, 1.165) is 203 Å². The molecule has 0 fully saturated rings. The maximum Gasteiger partial charge on any atom is 0.164 e. The van der Waals surface area contributed by atoms with E-state index in [-0.39, 0.29) is 0 Å². The zero-order valence-electron chi connectivity index (χ0n) is 75.9. The Kier molecular flexibility index (Phi) is 20.6. The summed E-state index contributed by atoms with van der Waals surface area (Å²) in [5.41, 5.74) is 22.9. The first-order valence-corrected chi connectivity index (χ1v) is 47.2. The van der Waals surface area contributed by atoms with Crippen molar-refractivity contribution in [2.45, 2.75) is 0 Å². The lowest BCUT2D eigenvalue weighted by atomic mass is 9.94. The smallest absolute Gasteiger partial charge is 0.164 e. The van der Waals surface area contributed by atoms with Crippen molar-refractivity contribution < 1.29 is 13.3 Å². The van der Waals surface area contributed by atoms with Gasteiger partial charge >= 0.3 is 0 Å². The van der Waals surface area contributed by atoms with Gasteiger partial charge in [0.15, 0.2) is 52.4 Å². The van der Waals surface area contributed by atoms with Crippen LogP contribution in [0.15, 0.2) is 492 Å². The third-order valence-electron chi connectivity index (χ3n) is 26.8. The Labute approximate surface area is 809 Å². The molecule has 0 aliphatic rings. The second kappa shape index (κ2) is 35.3. The number of nitrogens with zero attached hydrogens (tertiary/aromatic N) is 9. The van der Waals surface area contributed by atoms with Gasteiger partial charge in [0.2, 0.25) is 0 Å². The Morgan fingerprint density at radius 1 is 0.106 bits per heavy atom. The maximum atomic E-state index is 6.26. The summed E-state index contributed by atoms with van der Waals surface area (Å²) in [7, 11) is 0. The van der Waals surface area contributed by atoms with Crippen molar-refractivity contribution in [1.82, 2.24) is 44.9 Å². The standard InChI is InChI=1S/C45H27N3O.C43H27N3O.C41H25N3O/c1-3-11-30-25-33(19-17-28(30)9-1)43-46-44(34-20-18-29-10-2-4-12-31(29)26-34)48-45(47-43)40-24-23-35(36-13-5-6-14-37(36)40)32-21-22-39-38-15-7-8-16-41(38)49-42(39)27-32;1-3-11-28(12-4-1)29-19-21-31(22-20-29)42-44-41(30-13-5-2-6-14-30)45-43(46-42)37-25-24-33(34-15-7-8-16-35(34)37)32-23-26-40-38(27-32)36-17-9-10-18-39(36)47-40;1-2-11-27(12-3-1)39-42-40(30-19-18-26-10-4-5-13-28(26)24-30)44-41(43-39)36-23-22-31(32-14-6-7-15-33(32)36)29-20-21-35-34-16-8-9-17-37(34)45-38(35)25-29/h1-27H;1-27H;1-25H. The van der Waals surface area contributed by atoms with Crippen molar-refractivity contribution >= 4 is 130 Å². The average molecular weight is 1800 g/mol. The Balaban J connectivity index is 0.000000109. The molecule has 28 aromatic rings. The van der Waals surface area contributed by atoms with Gasteiger partial charge in [-0.05, 0) is 200 Å². The molecular weight excluding hydrogens is 1720 g/mol. The largest absolute Gasteiger partial charge is 0.456 e. The fourth-order valence-electron chi connectivity index (χ4n) is 19.8. The van der Waals surface area contributed by atoms with Gasteiger partial charge in [-0.2, -0.15) is 0 Å². The van der Waals surface area contributed by atoms with E-state index in [1.807, 2.05) is 109 Å². The van der Waals surface area contributed by atoms with Crippen LogP contribution in [0.4, 0.5) is 0 Å². The van der Waals surface area contributed by atoms with Gasteiger partial charge in [-0.25, -0.2) is 44.9 Å². The highest BCUT2D eigenvalue weighted by Gasteiger charge is 2.24. The molecule has 0 unspecified atom stereocenters. The Bertz CT molecular complexity index is 9690. The van der Waals surface area contributed by atoms with Crippen molar-refractivity contribution in [3.8, 4) is 147 Å². The van der Waals surface area contributed by atoms with E-state index in [1.165, 1.54) is 21.7 Å². The van der Waals surface area contributed by atoms with Crippen LogP contribution in [-0.2, 0) is 0 Å². The van der Waals surface area contributed by atoms with E-state index >= 15 is 0 Å². The van der Waals surface area contributed by atoms with Crippen molar-refractivity contribution in [3.63, 3.8) is 0 Å². The van der Waals surface area contributed by atoms with Crippen LogP contribution in [0.5, 0.6) is 0 Å². The average Bonchev–Trinajstić information content (AvgIpc) is 1.75. The minimum absolute atomic E-state index is 0.636. The molecule has 0 N–H and O–H groups in total. The number of fused-ring (bicyclic) bond motifs is 15. The lowest BCUT2D eigenvalue weighted by Crippen LogP contribution is -2.01. The van der Waals surface area contributed by atoms with Gasteiger partial charge in [0.05, 0.1) is 0 Å². The molecule has 22 aromatic carbocycles. The van der Waals surface area contributed by atoms with Gasteiger partial charge in [-0.1, -0.05) is 388 Å². The Hall–Kier alpha value is -19.2. The summed E-state index contributed by atoms with van der Waals surface area (Å²) < 4.78 is 18.6. The third-order valence-corrected chi connectivity index (χ3v) is 26.8. The highest BCUT2D eigenvalue weighted by Crippen LogP contribution is 2.45. The topological polar surface area (TPSA) is 155 Å². The SMILES string of the molecule is c1ccc(-c2ccc(-c3nc(-c4ccccc4)nc(-c4ccc(-c5ccc6oc7ccccc7c6c5)c5ccccc45)n3)cc2)cc1.c1ccc(-c2nc(-c3ccc4ccccc4c3)nc(-c3ccc(-c4ccc5c(c4)oc4ccccc45)c4ccccc34)n2)cc1.c1ccc2cc(-c3nc(-c4ccc5ccccc5c4)nc(-c4ccc(-c5ccc6c(c5)oc5ccccc56)c5ccccc45)n3)ccc2c1. The van der Waals surface area contributed by atoms with Gasteiger partial charge in [0.1, 0.15) is 33.5 Å². The normalized spacial score (nSPS) is 11.5. The molecule has 0 bridgehead atoms. The summed E-state index contributed by atoms with van der Waals surface area (Å²) >= 11 is 0. The number of rotatable bonds is 13. The van der Waals surface area contributed by atoms with Crippen LogP contribution >= 0.6 is 0 Å². The fraction of sp³-hybridized carbons (Fsp3) is 0. The van der Waals surface area contributed by atoms with Crippen LogP contribution in [0.25, 0.3) is 277 Å². The zero-order chi connectivity index (χ0) is 93.2. The summed E-state index contributed by atoms with van der Waals surface area (Å²) in [6.45, 7) is 0. The monoisotopic (exact) mass is 1800 g/mol. The molecule has 0 aliphatic heterocycles. The molecule has 0 spiro atoms. The first-order chi connectivity index (χ1) is 69.8. The molecule has 0 atom stereocenters. The van der Waals surface area contributed by atoms with Crippen molar-refractivity contribution in [2.24, 2.45) is 0 Å². The minimum Gasteiger partial charge on any atom is -0.456 e. The minimum atomic E-state index is 0.636. The highest BCUT2D eigenvalue weighted by atomic mass is 16.3. The van der Waals surface area contributed by atoms with Crippen LogP contribution in [-0.4, -0.2) is 44.9 Å². The quantitative estimate of drug-likeness (QED) is 0.108. The second-order valence-electron chi connectivity index (χ2n) is 35.3. The molecule has 6 heterocycles. The lowest BCUT2D eigenvalue weighted by molar-refractivity contribution is 0.668. The third kappa shape index (κ3) is 15.6. The number of hydrogen-bond donors (Lipinski definition) is 0. The van der Waals surface area contributed by atoms with E-state index in [1.54, 1.807) is 0 Å². The van der Waals surface area contributed by atoms with Crippen LogP contribution in [0.2, 0.25) is 0 Å². The number of para-hydroxylation sites is 3. The predicted octanol–water partition coefficient (Wildman–Crippen LogP) is 33.9. The summed E-state index contributed by atoms with van der Waals surface area (Å²) in [6.07, 6.45) is 0. The van der Waals surface area contributed by atoms with Crippen molar-refractivity contribution in [2.75, 3.05) is 0 Å². The summed E-state index contributed by atoms with van der Waals surface area (Å²) in [5.74, 6) is 5.77. The van der Waals surface area contributed by atoms with Gasteiger partial charge in [-0.3, -0.25) is 0 Å². The molecule has 28 rings (SSSR count). The number of hydrogen-bond acceptors (Lipinski definition) is 12. The predicted molar refractivity (Wildman–Crippen MR) is 577 cm³/mol. The molecule has 0 amide bonds. The van der Waals surface area contributed by atoms with E-state index in [0.29, 0.717) is 52.4 Å². The van der Waals surface area contributed by atoms with E-state index in [4.69, 9.17) is 58.1 Å². The van der Waals surface area contributed by atoms with Gasteiger partial charge in [0.25, 0.3) is 0 Å². The number of furan rings is 3. The molecule has 0 saturated carbocycles. The number of aromatic nitrogens is 9. The summed E-state index contributed by atoms with van der Waals surface area (Å²) in [4.78, 5) is 45.6. The number of benzene rings is 22. The summed E-state index contributed by atoms with van der Waals surface area (Å²) in [5, 5.41) is 20.3. The van der Waals surface area contributed by atoms with Crippen LogP contribution in [0, 0.1) is 0 Å². The van der Waals surface area contributed by atoms with Crippen LogP contribution < -0.4 is 0 Å². The molecule has 0 radical (unpaired) electrons. The van der Waals surface area contributed by atoms with Crippen LogP contribution in [0.1, 0.15) is 0 Å². The molecule has 12 nitrogen and oxygen atoms in total.